The number of rotatable bonds is 3. The molecule has 1 rings (SSSR count). The zero-order valence-electron chi connectivity index (χ0n) is 8.63. The number of nitrogens with two attached hydrogens (primary N) is 1. The van der Waals surface area contributed by atoms with Gasteiger partial charge >= 0.3 is 0 Å². The van der Waals surface area contributed by atoms with Crippen molar-refractivity contribution in [1.29, 1.82) is 0 Å². The van der Waals surface area contributed by atoms with Crippen molar-refractivity contribution in [1.82, 2.24) is 5.32 Å². The molecule has 1 aromatic carbocycles. The number of hydrogen-bond acceptors (Lipinski definition) is 3. The third kappa shape index (κ3) is 3.01. The molecule has 4 N–H and O–H groups in total. The van der Waals surface area contributed by atoms with Gasteiger partial charge < -0.3 is 16.2 Å². The summed E-state index contributed by atoms with van der Waals surface area (Å²) in [6.07, 6.45) is 0. The maximum Gasteiger partial charge on any atom is 0.251 e. The highest BCUT2D eigenvalue weighted by atomic mass is 35.5. The Hall–Kier alpha value is -0.970. The lowest BCUT2D eigenvalue weighted by atomic mass is 10.2. The molecule has 4 nitrogen and oxygen atoms in total. The number of anilines is 1. The average molecular weight is 263 g/mol. The van der Waals surface area contributed by atoms with Crippen LogP contribution in [0.25, 0.3) is 0 Å². The molecule has 0 aliphatic carbocycles. The highest BCUT2D eigenvalue weighted by molar-refractivity contribution is 6.43. The predicted molar refractivity (Wildman–Crippen MR) is 64.9 cm³/mol. The van der Waals surface area contributed by atoms with Crippen molar-refractivity contribution in [2.75, 3.05) is 12.3 Å². The monoisotopic (exact) mass is 262 g/mol. The maximum atomic E-state index is 11.7. The fraction of sp³-hybridized carbons (Fsp3) is 0.300. The zero-order valence-corrected chi connectivity index (χ0v) is 10.1. The van der Waals surface area contributed by atoms with E-state index in [1.807, 2.05) is 0 Å². The normalized spacial score (nSPS) is 12.2. The Labute approximate surface area is 103 Å². The first-order valence-corrected chi connectivity index (χ1v) is 5.37. The number of amides is 1. The van der Waals surface area contributed by atoms with Gasteiger partial charge in [0, 0.05) is 11.6 Å². The highest BCUT2D eigenvalue weighted by Gasteiger charge is 2.12. The van der Waals surface area contributed by atoms with Gasteiger partial charge in [0.15, 0.2) is 0 Å². The number of aliphatic hydroxyl groups is 1. The van der Waals surface area contributed by atoms with E-state index in [0.717, 1.165) is 0 Å². The standard InChI is InChI=1S/C10H12Cl2N2O2/c1-5(4-15)14-10(16)6-2-7(11)9(12)8(13)3-6/h2-3,5,15H,4,13H2,1H3,(H,14,16)/t5-/m0/s1. The second kappa shape index (κ2) is 5.39. The number of aliphatic hydroxyl groups excluding tert-OH is 1. The van der Waals surface area contributed by atoms with Crippen molar-refractivity contribution in [3.05, 3.63) is 27.7 Å². The van der Waals surface area contributed by atoms with Gasteiger partial charge in [-0.05, 0) is 19.1 Å². The summed E-state index contributed by atoms with van der Waals surface area (Å²) < 4.78 is 0. The zero-order chi connectivity index (χ0) is 12.3. The molecule has 0 fully saturated rings. The molecule has 6 heteroatoms. The number of carbonyl (C=O) groups excluding carboxylic acids is 1. The van der Waals surface area contributed by atoms with Crippen molar-refractivity contribution < 1.29 is 9.90 Å². The number of nitrogen functional groups attached to an aromatic ring is 1. The van der Waals surface area contributed by atoms with Gasteiger partial charge in [-0.15, -0.1) is 0 Å². The minimum absolute atomic E-state index is 0.136. The number of benzene rings is 1. The Bertz CT molecular complexity index is 387. The fourth-order valence-corrected chi connectivity index (χ4v) is 1.43. The van der Waals surface area contributed by atoms with Crippen LogP contribution < -0.4 is 11.1 Å². The number of nitrogens with one attached hydrogen (secondary N) is 1. The quantitative estimate of drug-likeness (QED) is 0.726. The predicted octanol–water partition coefficient (Wildman–Crippen LogP) is 1.69. The fourth-order valence-electron chi connectivity index (χ4n) is 1.09. The lowest BCUT2D eigenvalue weighted by Gasteiger charge is -2.11. The molecule has 1 atom stereocenters. The van der Waals surface area contributed by atoms with Crippen molar-refractivity contribution in [3.8, 4) is 0 Å². The summed E-state index contributed by atoms with van der Waals surface area (Å²) in [5, 5.41) is 11.8. The number of carbonyl (C=O) groups is 1. The van der Waals surface area contributed by atoms with Gasteiger partial charge in [0.25, 0.3) is 5.91 Å². The van der Waals surface area contributed by atoms with Crippen molar-refractivity contribution in [2.24, 2.45) is 0 Å². The first kappa shape index (κ1) is 13.1. The van der Waals surface area contributed by atoms with Crippen LogP contribution in [-0.2, 0) is 0 Å². The van der Waals surface area contributed by atoms with Gasteiger partial charge in [0.1, 0.15) is 0 Å². The van der Waals surface area contributed by atoms with Crippen LogP contribution in [0.3, 0.4) is 0 Å². The van der Waals surface area contributed by atoms with Crippen LogP contribution in [0.4, 0.5) is 5.69 Å². The molecule has 0 saturated heterocycles. The number of halogens is 2. The largest absolute Gasteiger partial charge is 0.397 e. The maximum absolute atomic E-state index is 11.7. The molecular weight excluding hydrogens is 251 g/mol. The lowest BCUT2D eigenvalue weighted by molar-refractivity contribution is 0.0922. The molecule has 0 aliphatic rings. The molecule has 88 valence electrons. The smallest absolute Gasteiger partial charge is 0.251 e. The molecule has 1 aromatic rings. The molecular formula is C10H12Cl2N2O2. The topological polar surface area (TPSA) is 75.3 Å². The molecule has 0 saturated carbocycles. The summed E-state index contributed by atoms with van der Waals surface area (Å²) in [5.41, 5.74) is 6.14. The molecule has 0 aliphatic heterocycles. The van der Waals surface area contributed by atoms with E-state index in [2.05, 4.69) is 5.32 Å². The van der Waals surface area contributed by atoms with Gasteiger partial charge in [0.2, 0.25) is 0 Å². The minimum Gasteiger partial charge on any atom is -0.397 e. The highest BCUT2D eigenvalue weighted by Crippen LogP contribution is 2.29. The molecule has 1 amide bonds. The van der Waals surface area contributed by atoms with Gasteiger partial charge in [-0.1, -0.05) is 23.2 Å². The van der Waals surface area contributed by atoms with E-state index in [-0.39, 0.29) is 34.3 Å². The minimum atomic E-state index is -0.355. The Kier molecular flexibility index (Phi) is 4.41. The Balaban J connectivity index is 2.93. The van der Waals surface area contributed by atoms with Gasteiger partial charge in [-0.2, -0.15) is 0 Å². The first-order valence-electron chi connectivity index (χ1n) is 4.62. The van der Waals surface area contributed by atoms with E-state index in [4.69, 9.17) is 34.0 Å². The van der Waals surface area contributed by atoms with Gasteiger partial charge in [0.05, 0.1) is 22.3 Å². The first-order chi connectivity index (χ1) is 7.45. The van der Waals surface area contributed by atoms with E-state index in [0.29, 0.717) is 5.56 Å². The Morgan fingerprint density at radius 1 is 1.56 bits per heavy atom. The molecule has 0 bridgehead atoms. The summed E-state index contributed by atoms with van der Waals surface area (Å²) in [5.74, 6) is -0.355. The van der Waals surface area contributed by atoms with E-state index in [9.17, 15) is 4.79 Å². The summed E-state index contributed by atoms with van der Waals surface area (Å²) in [6, 6.07) is 2.54. The van der Waals surface area contributed by atoms with Crippen LogP contribution in [0.1, 0.15) is 17.3 Å². The van der Waals surface area contributed by atoms with Gasteiger partial charge in [-0.3, -0.25) is 4.79 Å². The Morgan fingerprint density at radius 2 is 2.19 bits per heavy atom. The van der Waals surface area contributed by atoms with Crippen LogP contribution in [0.5, 0.6) is 0 Å². The van der Waals surface area contributed by atoms with Crippen molar-refractivity contribution in [2.45, 2.75) is 13.0 Å². The summed E-state index contributed by atoms with van der Waals surface area (Å²) in [6.45, 7) is 1.54. The average Bonchev–Trinajstić information content (AvgIpc) is 2.24. The molecule has 0 heterocycles. The van der Waals surface area contributed by atoms with Crippen LogP contribution in [0.15, 0.2) is 12.1 Å². The third-order valence-electron chi connectivity index (χ3n) is 1.97. The van der Waals surface area contributed by atoms with Crippen LogP contribution in [0.2, 0.25) is 10.0 Å². The molecule has 0 unspecified atom stereocenters. The number of hydrogen-bond donors (Lipinski definition) is 3. The summed E-state index contributed by atoms with van der Waals surface area (Å²) >= 11 is 11.6. The van der Waals surface area contributed by atoms with E-state index >= 15 is 0 Å². The van der Waals surface area contributed by atoms with Crippen LogP contribution in [-0.4, -0.2) is 23.7 Å². The van der Waals surface area contributed by atoms with E-state index < -0.39 is 0 Å². The van der Waals surface area contributed by atoms with Crippen LogP contribution >= 0.6 is 23.2 Å². The molecule has 0 spiro atoms. The van der Waals surface area contributed by atoms with Gasteiger partial charge in [-0.25, -0.2) is 0 Å². The van der Waals surface area contributed by atoms with E-state index in [1.54, 1.807) is 6.92 Å². The third-order valence-corrected chi connectivity index (χ3v) is 2.79. The summed E-state index contributed by atoms with van der Waals surface area (Å²) in [4.78, 5) is 11.7. The summed E-state index contributed by atoms with van der Waals surface area (Å²) in [7, 11) is 0. The molecule has 0 radical (unpaired) electrons. The molecule has 16 heavy (non-hydrogen) atoms. The second-order valence-corrected chi connectivity index (χ2v) is 4.20. The lowest BCUT2D eigenvalue weighted by Crippen LogP contribution is -2.35. The van der Waals surface area contributed by atoms with Crippen LogP contribution in [0, 0.1) is 0 Å². The van der Waals surface area contributed by atoms with Crippen molar-refractivity contribution in [3.63, 3.8) is 0 Å². The second-order valence-electron chi connectivity index (χ2n) is 3.42. The Morgan fingerprint density at radius 3 is 2.69 bits per heavy atom. The van der Waals surface area contributed by atoms with E-state index in [1.165, 1.54) is 12.1 Å². The van der Waals surface area contributed by atoms with Crippen molar-refractivity contribution >= 4 is 34.8 Å². The SMILES string of the molecule is C[C@@H](CO)NC(=O)c1cc(N)c(Cl)c(Cl)c1. The molecule has 0 aromatic heterocycles.